The van der Waals surface area contributed by atoms with Gasteiger partial charge in [-0.1, -0.05) is 0 Å². The van der Waals surface area contributed by atoms with E-state index in [2.05, 4.69) is 15.3 Å². The van der Waals surface area contributed by atoms with E-state index >= 15 is 0 Å². The van der Waals surface area contributed by atoms with Crippen LogP contribution in [0, 0.1) is 5.82 Å². The lowest BCUT2D eigenvalue weighted by molar-refractivity contribution is -0.122. The van der Waals surface area contributed by atoms with Crippen LogP contribution in [0.15, 0.2) is 18.2 Å². The quantitative estimate of drug-likeness (QED) is 0.804. The molecular formula is C17H23FN4O2. The van der Waals surface area contributed by atoms with Crippen molar-refractivity contribution in [2.24, 2.45) is 0 Å². The van der Waals surface area contributed by atoms with Crippen LogP contribution in [-0.2, 0) is 16.0 Å². The molecule has 0 saturated carbocycles. The minimum atomic E-state index is -0.280. The molecule has 1 aliphatic heterocycles. The molecule has 0 spiro atoms. The largest absolute Gasteiger partial charge is 0.376 e. The van der Waals surface area contributed by atoms with E-state index in [1.54, 1.807) is 6.07 Å². The van der Waals surface area contributed by atoms with E-state index in [0.717, 1.165) is 30.8 Å². The Bertz CT molecular complexity index is 697. The Morgan fingerprint density at radius 1 is 1.54 bits per heavy atom. The van der Waals surface area contributed by atoms with Crippen LogP contribution >= 0.6 is 0 Å². The molecule has 24 heavy (non-hydrogen) atoms. The summed E-state index contributed by atoms with van der Waals surface area (Å²) in [6, 6.07) is 4.50. The summed E-state index contributed by atoms with van der Waals surface area (Å²) in [4.78, 5) is 21.4. The van der Waals surface area contributed by atoms with Gasteiger partial charge in [-0.15, -0.1) is 0 Å². The predicted octanol–water partition coefficient (Wildman–Crippen LogP) is 1.47. The van der Waals surface area contributed by atoms with Crippen molar-refractivity contribution in [2.45, 2.75) is 25.4 Å². The van der Waals surface area contributed by atoms with Gasteiger partial charge in [0.25, 0.3) is 0 Å². The van der Waals surface area contributed by atoms with E-state index in [4.69, 9.17) is 4.74 Å². The number of aromatic amines is 1. The fourth-order valence-corrected chi connectivity index (χ4v) is 2.86. The molecule has 1 saturated heterocycles. The second kappa shape index (κ2) is 7.72. The highest BCUT2D eigenvalue weighted by Gasteiger charge is 2.16. The molecule has 0 bridgehead atoms. The van der Waals surface area contributed by atoms with E-state index < -0.39 is 0 Å². The first-order valence-corrected chi connectivity index (χ1v) is 8.31. The lowest BCUT2D eigenvalue weighted by Crippen LogP contribution is -2.39. The summed E-state index contributed by atoms with van der Waals surface area (Å²) >= 11 is 0. The van der Waals surface area contributed by atoms with Crippen LogP contribution in [0.3, 0.4) is 0 Å². The number of imidazole rings is 1. The number of nitrogens with zero attached hydrogens (tertiary/aromatic N) is 2. The smallest absolute Gasteiger partial charge is 0.234 e. The maximum atomic E-state index is 13.2. The van der Waals surface area contributed by atoms with Crippen molar-refractivity contribution >= 4 is 16.9 Å². The number of fused-ring (bicyclic) bond motifs is 1. The van der Waals surface area contributed by atoms with Crippen molar-refractivity contribution < 1.29 is 13.9 Å². The lowest BCUT2D eigenvalue weighted by atomic mass is 10.2. The SMILES string of the molecule is CN(CCc1nc2ccc(F)cc2[nH]1)CC(=O)NCC1CCCO1. The van der Waals surface area contributed by atoms with E-state index in [9.17, 15) is 9.18 Å². The number of H-pyrrole nitrogens is 1. The van der Waals surface area contributed by atoms with E-state index in [0.29, 0.717) is 31.6 Å². The monoisotopic (exact) mass is 334 g/mol. The van der Waals surface area contributed by atoms with Gasteiger partial charge in [-0.3, -0.25) is 9.69 Å². The highest BCUT2D eigenvalue weighted by Crippen LogP contribution is 2.13. The highest BCUT2D eigenvalue weighted by molar-refractivity contribution is 5.78. The standard InChI is InChI=1S/C17H23FN4O2/c1-22(11-17(23)19-10-13-3-2-8-24-13)7-6-16-20-14-5-4-12(18)9-15(14)21-16/h4-5,9,13H,2-3,6-8,10-11H2,1H3,(H,19,23)(H,20,21). The van der Waals surface area contributed by atoms with Gasteiger partial charge in [-0.25, -0.2) is 9.37 Å². The summed E-state index contributed by atoms with van der Waals surface area (Å²) in [7, 11) is 1.90. The fraction of sp³-hybridized carbons (Fsp3) is 0.529. The molecular weight excluding hydrogens is 311 g/mol. The second-order valence-corrected chi connectivity index (χ2v) is 6.27. The summed E-state index contributed by atoms with van der Waals surface area (Å²) in [5.41, 5.74) is 1.45. The molecule has 130 valence electrons. The first-order chi connectivity index (χ1) is 11.6. The molecule has 2 heterocycles. The van der Waals surface area contributed by atoms with Gasteiger partial charge in [-0.2, -0.15) is 0 Å². The van der Waals surface area contributed by atoms with Gasteiger partial charge in [0.2, 0.25) is 5.91 Å². The average molecular weight is 334 g/mol. The molecule has 6 nitrogen and oxygen atoms in total. The molecule has 1 aromatic carbocycles. The number of halogens is 1. The van der Waals surface area contributed by atoms with Crippen molar-refractivity contribution in [3.8, 4) is 0 Å². The lowest BCUT2D eigenvalue weighted by Gasteiger charge is -2.16. The van der Waals surface area contributed by atoms with Gasteiger partial charge in [0.15, 0.2) is 0 Å². The number of benzene rings is 1. The zero-order chi connectivity index (χ0) is 16.9. The average Bonchev–Trinajstić information content (AvgIpc) is 3.19. The molecule has 2 aromatic rings. The minimum absolute atomic E-state index is 0.000299. The number of amides is 1. The number of rotatable bonds is 7. The van der Waals surface area contributed by atoms with Crippen LogP contribution in [0.4, 0.5) is 4.39 Å². The highest BCUT2D eigenvalue weighted by atomic mass is 19.1. The maximum absolute atomic E-state index is 13.2. The third kappa shape index (κ3) is 4.52. The molecule has 1 aliphatic rings. The summed E-state index contributed by atoms with van der Waals surface area (Å²) < 4.78 is 18.7. The fourth-order valence-electron chi connectivity index (χ4n) is 2.86. The Balaban J connectivity index is 1.42. The zero-order valence-corrected chi connectivity index (χ0v) is 13.8. The summed E-state index contributed by atoms with van der Waals surface area (Å²) in [6.07, 6.45) is 2.92. The molecule has 0 radical (unpaired) electrons. The minimum Gasteiger partial charge on any atom is -0.376 e. The van der Waals surface area contributed by atoms with Gasteiger partial charge in [0.05, 0.1) is 23.7 Å². The molecule has 1 amide bonds. The van der Waals surface area contributed by atoms with Gasteiger partial charge in [0.1, 0.15) is 11.6 Å². The summed E-state index contributed by atoms with van der Waals surface area (Å²) in [6.45, 7) is 2.40. The number of ether oxygens (including phenoxy) is 1. The Morgan fingerprint density at radius 2 is 2.42 bits per heavy atom. The van der Waals surface area contributed by atoms with Gasteiger partial charge >= 0.3 is 0 Å². The van der Waals surface area contributed by atoms with Gasteiger partial charge < -0.3 is 15.0 Å². The Hall–Kier alpha value is -1.99. The van der Waals surface area contributed by atoms with Crippen molar-refractivity contribution in [1.29, 1.82) is 0 Å². The van der Waals surface area contributed by atoms with Gasteiger partial charge in [0, 0.05) is 26.1 Å². The zero-order valence-electron chi connectivity index (χ0n) is 13.8. The number of carbonyl (C=O) groups excluding carboxylic acids is 1. The van der Waals surface area contributed by atoms with Crippen molar-refractivity contribution in [3.05, 3.63) is 29.8 Å². The van der Waals surface area contributed by atoms with Crippen molar-refractivity contribution in [1.82, 2.24) is 20.2 Å². The number of likely N-dealkylation sites (N-methyl/N-ethyl adjacent to an activating group) is 1. The Kier molecular flexibility index (Phi) is 5.42. The molecule has 7 heteroatoms. The van der Waals surface area contributed by atoms with E-state index in [-0.39, 0.29) is 17.8 Å². The van der Waals surface area contributed by atoms with Crippen LogP contribution in [0.25, 0.3) is 11.0 Å². The topological polar surface area (TPSA) is 70.2 Å². The van der Waals surface area contributed by atoms with E-state index in [1.807, 2.05) is 11.9 Å². The Morgan fingerprint density at radius 3 is 3.21 bits per heavy atom. The molecule has 2 N–H and O–H groups in total. The van der Waals surface area contributed by atoms with Crippen LogP contribution in [-0.4, -0.2) is 60.2 Å². The third-order valence-corrected chi connectivity index (χ3v) is 4.19. The second-order valence-electron chi connectivity index (χ2n) is 6.27. The maximum Gasteiger partial charge on any atom is 0.234 e. The molecule has 1 fully saturated rings. The normalized spacial score (nSPS) is 17.7. The van der Waals surface area contributed by atoms with Crippen LogP contribution < -0.4 is 5.32 Å². The molecule has 3 rings (SSSR count). The van der Waals surface area contributed by atoms with E-state index in [1.165, 1.54) is 12.1 Å². The summed E-state index contributed by atoms with van der Waals surface area (Å²) in [5.74, 6) is 0.514. The van der Waals surface area contributed by atoms with Crippen LogP contribution in [0.1, 0.15) is 18.7 Å². The molecule has 0 aliphatic carbocycles. The van der Waals surface area contributed by atoms with Crippen molar-refractivity contribution in [3.63, 3.8) is 0 Å². The number of aromatic nitrogens is 2. The molecule has 1 atom stereocenters. The number of hydrogen-bond acceptors (Lipinski definition) is 4. The Labute approximate surface area is 140 Å². The van der Waals surface area contributed by atoms with Crippen LogP contribution in [0.5, 0.6) is 0 Å². The third-order valence-electron chi connectivity index (χ3n) is 4.19. The first-order valence-electron chi connectivity index (χ1n) is 8.31. The predicted molar refractivity (Wildman–Crippen MR) is 89.2 cm³/mol. The molecule has 1 unspecified atom stereocenters. The molecule has 1 aromatic heterocycles. The number of carbonyl (C=O) groups is 1. The van der Waals surface area contributed by atoms with Gasteiger partial charge in [-0.05, 0) is 38.1 Å². The van der Waals surface area contributed by atoms with Crippen molar-refractivity contribution in [2.75, 3.05) is 33.3 Å². The number of hydrogen-bond donors (Lipinski definition) is 2. The van der Waals surface area contributed by atoms with Crippen LogP contribution in [0.2, 0.25) is 0 Å². The first kappa shape index (κ1) is 16.9. The number of nitrogens with one attached hydrogen (secondary N) is 2. The summed E-state index contributed by atoms with van der Waals surface area (Å²) in [5, 5.41) is 2.91.